The molecule has 1 saturated heterocycles. The van der Waals surface area contributed by atoms with E-state index in [1.807, 2.05) is 24.8 Å². The van der Waals surface area contributed by atoms with Crippen molar-refractivity contribution < 1.29 is 4.79 Å². The van der Waals surface area contributed by atoms with Crippen LogP contribution in [0.15, 0.2) is 35.4 Å². The molecule has 0 saturated carbocycles. The van der Waals surface area contributed by atoms with Crippen molar-refractivity contribution in [1.29, 1.82) is 5.26 Å². The maximum Gasteiger partial charge on any atom is 0.233 e. The predicted octanol–water partition coefficient (Wildman–Crippen LogP) is 3.32. The van der Waals surface area contributed by atoms with Gasteiger partial charge in [-0.15, -0.1) is 0 Å². The average molecular weight is 395 g/mol. The molecule has 2 aromatic rings. The van der Waals surface area contributed by atoms with E-state index in [9.17, 15) is 10.1 Å². The fourth-order valence-electron chi connectivity index (χ4n) is 3.49. The van der Waals surface area contributed by atoms with Gasteiger partial charge < -0.3 is 4.90 Å². The monoisotopic (exact) mass is 394 g/mol. The highest BCUT2D eigenvalue weighted by atomic mass is 32.2. The van der Waals surface area contributed by atoms with E-state index in [1.165, 1.54) is 22.9 Å². The largest absolute Gasteiger partial charge is 0.339 e. The van der Waals surface area contributed by atoms with Crippen LogP contribution in [0.1, 0.15) is 27.9 Å². The summed E-state index contributed by atoms with van der Waals surface area (Å²) in [5.74, 6) is 0.438. The van der Waals surface area contributed by atoms with Crippen LogP contribution < -0.4 is 0 Å². The first kappa shape index (κ1) is 20.4. The lowest BCUT2D eigenvalue weighted by Crippen LogP contribution is -2.48. The first-order chi connectivity index (χ1) is 13.5. The zero-order valence-electron chi connectivity index (χ0n) is 16.7. The highest BCUT2D eigenvalue weighted by Crippen LogP contribution is 2.24. The number of amides is 1. The Labute approximate surface area is 171 Å². The van der Waals surface area contributed by atoms with E-state index in [0.29, 0.717) is 16.3 Å². The molecule has 2 heterocycles. The van der Waals surface area contributed by atoms with Gasteiger partial charge in [-0.2, -0.15) is 5.26 Å². The number of hydrogen-bond acceptors (Lipinski definition) is 5. The maximum atomic E-state index is 12.6. The van der Waals surface area contributed by atoms with Crippen LogP contribution in [0.5, 0.6) is 0 Å². The Morgan fingerprint density at radius 3 is 2.61 bits per heavy atom. The number of rotatable bonds is 5. The SMILES string of the molecule is Cc1cccc(CN2CCN(C(=O)CSc3nc(C)cc(C)c3C#N)CC2)c1. The van der Waals surface area contributed by atoms with Gasteiger partial charge in [-0.25, -0.2) is 4.98 Å². The fraction of sp³-hybridized carbons (Fsp3) is 0.409. The average Bonchev–Trinajstić information content (AvgIpc) is 2.66. The molecule has 0 spiro atoms. The molecule has 1 aliphatic heterocycles. The van der Waals surface area contributed by atoms with Crippen LogP contribution in [0, 0.1) is 32.1 Å². The smallest absolute Gasteiger partial charge is 0.233 e. The van der Waals surface area contributed by atoms with Crippen molar-refractivity contribution in [2.24, 2.45) is 0 Å². The minimum atomic E-state index is 0.116. The molecule has 0 radical (unpaired) electrons. The summed E-state index contributed by atoms with van der Waals surface area (Å²) < 4.78 is 0. The summed E-state index contributed by atoms with van der Waals surface area (Å²) in [6, 6.07) is 12.7. The topological polar surface area (TPSA) is 60.2 Å². The van der Waals surface area contributed by atoms with Crippen molar-refractivity contribution in [3.8, 4) is 6.07 Å². The van der Waals surface area contributed by atoms with Gasteiger partial charge in [0.1, 0.15) is 11.1 Å². The van der Waals surface area contributed by atoms with Crippen LogP contribution in [0.4, 0.5) is 0 Å². The van der Waals surface area contributed by atoms with Gasteiger partial charge in [0.05, 0.1) is 11.3 Å². The Kier molecular flexibility index (Phi) is 6.71. The summed E-state index contributed by atoms with van der Waals surface area (Å²) in [6.45, 7) is 10.1. The lowest BCUT2D eigenvalue weighted by atomic mass is 10.1. The van der Waals surface area contributed by atoms with Gasteiger partial charge in [0.15, 0.2) is 0 Å². The summed E-state index contributed by atoms with van der Waals surface area (Å²) in [4.78, 5) is 21.4. The number of thioether (sulfide) groups is 1. The van der Waals surface area contributed by atoms with E-state index in [-0.39, 0.29) is 5.91 Å². The van der Waals surface area contributed by atoms with Crippen molar-refractivity contribution >= 4 is 17.7 Å². The number of hydrogen-bond donors (Lipinski definition) is 0. The molecule has 0 aliphatic carbocycles. The highest BCUT2D eigenvalue weighted by Gasteiger charge is 2.22. The second-order valence-corrected chi connectivity index (χ2v) is 8.27. The van der Waals surface area contributed by atoms with Crippen LogP contribution in [0.25, 0.3) is 0 Å². The molecule has 146 valence electrons. The van der Waals surface area contributed by atoms with E-state index in [2.05, 4.69) is 47.1 Å². The molecule has 1 aliphatic rings. The fourth-order valence-corrected chi connectivity index (χ4v) is 4.49. The zero-order chi connectivity index (χ0) is 20.1. The molecule has 0 bridgehead atoms. The molecular weight excluding hydrogens is 368 g/mol. The Hall–Kier alpha value is -2.36. The van der Waals surface area contributed by atoms with Gasteiger partial charge in [-0.1, -0.05) is 41.6 Å². The van der Waals surface area contributed by atoms with Gasteiger partial charge in [0, 0.05) is 38.4 Å². The standard InChI is InChI=1S/C22H26N4OS/c1-16-5-4-6-19(11-16)14-25-7-9-26(10-8-25)21(27)15-28-22-20(13-23)17(2)12-18(3)24-22/h4-6,11-12H,7-10,14-15H2,1-3H3. The van der Waals surface area contributed by atoms with Gasteiger partial charge in [-0.3, -0.25) is 9.69 Å². The van der Waals surface area contributed by atoms with Crippen LogP contribution >= 0.6 is 11.8 Å². The summed E-state index contributed by atoms with van der Waals surface area (Å²) >= 11 is 1.37. The Balaban J connectivity index is 1.51. The molecule has 1 aromatic heterocycles. The molecule has 0 N–H and O–H groups in total. The number of benzene rings is 1. The summed E-state index contributed by atoms with van der Waals surface area (Å²) in [5, 5.41) is 10.0. The van der Waals surface area contributed by atoms with Crippen molar-refractivity contribution in [2.75, 3.05) is 31.9 Å². The quantitative estimate of drug-likeness (QED) is 0.728. The number of pyridine rings is 1. The number of aryl methyl sites for hydroxylation is 3. The van der Waals surface area contributed by atoms with Gasteiger partial charge in [-0.05, 0) is 38.0 Å². The molecular formula is C22H26N4OS. The second kappa shape index (κ2) is 9.22. The van der Waals surface area contributed by atoms with Gasteiger partial charge >= 0.3 is 0 Å². The highest BCUT2D eigenvalue weighted by molar-refractivity contribution is 8.00. The van der Waals surface area contributed by atoms with Crippen molar-refractivity contribution in [1.82, 2.24) is 14.8 Å². The minimum Gasteiger partial charge on any atom is -0.339 e. The summed E-state index contributed by atoms with van der Waals surface area (Å²) in [7, 11) is 0. The Morgan fingerprint density at radius 2 is 1.93 bits per heavy atom. The molecule has 6 heteroatoms. The molecule has 1 amide bonds. The third-order valence-electron chi connectivity index (χ3n) is 4.97. The third kappa shape index (κ3) is 5.12. The molecule has 0 unspecified atom stereocenters. The molecule has 1 aromatic carbocycles. The van der Waals surface area contributed by atoms with Crippen LogP contribution in [0.2, 0.25) is 0 Å². The van der Waals surface area contributed by atoms with Crippen molar-refractivity contribution in [3.05, 3.63) is 58.3 Å². The minimum absolute atomic E-state index is 0.116. The van der Waals surface area contributed by atoms with Crippen molar-refractivity contribution in [2.45, 2.75) is 32.3 Å². The Morgan fingerprint density at radius 1 is 1.18 bits per heavy atom. The van der Waals surface area contributed by atoms with Crippen LogP contribution in [0.3, 0.4) is 0 Å². The first-order valence-corrected chi connectivity index (χ1v) is 10.5. The summed E-state index contributed by atoms with van der Waals surface area (Å²) in [5.41, 5.74) is 4.96. The van der Waals surface area contributed by atoms with Crippen molar-refractivity contribution in [3.63, 3.8) is 0 Å². The number of carbonyl (C=O) groups is 1. The number of nitrogens with zero attached hydrogens (tertiary/aromatic N) is 4. The number of carbonyl (C=O) groups excluding carboxylic acids is 1. The van der Waals surface area contributed by atoms with E-state index in [4.69, 9.17) is 0 Å². The van der Waals surface area contributed by atoms with Crippen LogP contribution in [-0.4, -0.2) is 52.6 Å². The van der Waals surface area contributed by atoms with E-state index >= 15 is 0 Å². The van der Waals surface area contributed by atoms with E-state index in [1.54, 1.807) is 0 Å². The third-order valence-corrected chi connectivity index (χ3v) is 5.93. The lowest BCUT2D eigenvalue weighted by molar-refractivity contribution is -0.130. The van der Waals surface area contributed by atoms with E-state index in [0.717, 1.165) is 44.0 Å². The van der Waals surface area contributed by atoms with Gasteiger partial charge in [0.25, 0.3) is 0 Å². The number of nitriles is 1. The maximum absolute atomic E-state index is 12.6. The predicted molar refractivity (Wildman–Crippen MR) is 112 cm³/mol. The normalized spacial score (nSPS) is 14.7. The summed E-state index contributed by atoms with van der Waals surface area (Å²) in [6.07, 6.45) is 0. The molecule has 0 atom stereocenters. The van der Waals surface area contributed by atoms with Crippen LogP contribution in [-0.2, 0) is 11.3 Å². The second-order valence-electron chi connectivity index (χ2n) is 7.31. The van der Waals surface area contributed by atoms with E-state index < -0.39 is 0 Å². The zero-order valence-corrected chi connectivity index (χ0v) is 17.6. The lowest BCUT2D eigenvalue weighted by Gasteiger charge is -2.34. The molecule has 1 fully saturated rings. The molecule has 5 nitrogen and oxygen atoms in total. The number of piperazine rings is 1. The Bertz CT molecular complexity index is 898. The first-order valence-electron chi connectivity index (χ1n) is 9.53. The number of aromatic nitrogens is 1. The van der Waals surface area contributed by atoms with Gasteiger partial charge in [0.2, 0.25) is 5.91 Å². The molecule has 3 rings (SSSR count). The molecule has 28 heavy (non-hydrogen) atoms.